The Balaban J connectivity index is 2.27. The monoisotopic (exact) mass is 225 g/mol. The number of aliphatic hydroxyl groups is 1. The van der Waals surface area contributed by atoms with Crippen LogP contribution in [0.3, 0.4) is 0 Å². The van der Waals surface area contributed by atoms with Crippen LogP contribution in [0.4, 0.5) is 0 Å². The van der Waals surface area contributed by atoms with Crippen molar-refractivity contribution >= 4 is 11.3 Å². The first-order valence-electron chi connectivity index (χ1n) is 5.66. The summed E-state index contributed by atoms with van der Waals surface area (Å²) >= 11 is 1.73. The fourth-order valence-corrected chi connectivity index (χ4v) is 3.67. The molecule has 1 fully saturated rings. The number of hydrogen-bond acceptors (Lipinski definition) is 3. The molecule has 0 aromatic carbocycles. The Labute approximate surface area is 95.1 Å². The van der Waals surface area contributed by atoms with Crippen LogP contribution in [0.1, 0.15) is 48.5 Å². The SMILES string of the molecule is CC(O)c1ccc(C2(CN)CCCC2)s1. The molecule has 15 heavy (non-hydrogen) atoms. The molecule has 3 N–H and O–H groups in total. The predicted molar refractivity (Wildman–Crippen MR) is 64.2 cm³/mol. The summed E-state index contributed by atoms with van der Waals surface area (Å²) in [5.74, 6) is 0. The van der Waals surface area contributed by atoms with Crippen molar-refractivity contribution in [1.29, 1.82) is 0 Å². The van der Waals surface area contributed by atoms with Crippen LogP contribution in [0, 0.1) is 0 Å². The van der Waals surface area contributed by atoms with Crippen LogP contribution in [0.15, 0.2) is 12.1 Å². The normalized spacial score (nSPS) is 21.8. The summed E-state index contributed by atoms with van der Waals surface area (Å²) < 4.78 is 0. The second-order valence-corrected chi connectivity index (χ2v) is 5.68. The summed E-state index contributed by atoms with van der Waals surface area (Å²) in [6.45, 7) is 2.56. The zero-order valence-corrected chi connectivity index (χ0v) is 10.0. The Bertz CT molecular complexity index is 326. The second kappa shape index (κ2) is 4.24. The van der Waals surface area contributed by atoms with E-state index >= 15 is 0 Å². The molecule has 1 atom stereocenters. The first-order valence-corrected chi connectivity index (χ1v) is 6.48. The largest absolute Gasteiger partial charge is 0.388 e. The molecule has 0 amide bonds. The van der Waals surface area contributed by atoms with Crippen LogP contribution >= 0.6 is 11.3 Å². The molecule has 1 aliphatic carbocycles. The highest BCUT2D eigenvalue weighted by Gasteiger charge is 2.35. The molecule has 0 aliphatic heterocycles. The summed E-state index contributed by atoms with van der Waals surface area (Å²) in [5.41, 5.74) is 6.15. The van der Waals surface area contributed by atoms with E-state index in [2.05, 4.69) is 6.07 Å². The standard InChI is InChI=1S/C12H19NOS/c1-9(14)10-4-5-11(15-10)12(8-13)6-2-3-7-12/h4-5,9,14H,2-3,6-8,13H2,1H3. The molecule has 1 aromatic rings. The van der Waals surface area contributed by atoms with Gasteiger partial charge in [0.2, 0.25) is 0 Å². The van der Waals surface area contributed by atoms with Crippen molar-refractivity contribution < 1.29 is 5.11 Å². The molecule has 2 rings (SSSR count). The number of nitrogens with two attached hydrogens (primary N) is 1. The fourth-order valence-electron chi connectivity index (χ4n) is 2.47. The van der Waals surface area contributed by atoms with Crippen LogP contribution in [0.2, 0.25) is 0 Å². The average Bonchev–Trinajstić information content (AvgIpc) is 2.87. The van der Waals surface area contributed by atoms with Crippen LogP contribution in [-0.4, -0.2) is 11.7 Å². The first-order chi connectivity index (χ1) is 7.18. The van der Waals surface area contributed by atoms with Gasteiger partial charge in [-0.15, -0.1) is 11.3 Å². The quantitative estimate of drug-likeness (QED) is 0.830. The third-order valence-electron chi connectivity index (χ3n) is 3.51. The van der Waals surface area contributed by atoms with Gasteiger partial charge in [0.1, 0.15) is 0 Å². The van der Waals surface area contributed by atoms with E-state index in [1.54, 1.807) is 11.3 Å². The molecule has 0 bridgehead atoms. The van der Waals surface area contributed by atoms with E-state index < -0.39 is 0 Å². The van der Waals surface area contributed by atoms with E-state index in [0.717, 1.165) is 11.4 Å². The number of rotatable bonds is 3. The lowest BCUT2D eigenvalue weighted by molar-refractivity contribution is 0.203. The van der Waals surface area contributed by atoms with E-state index in [-0.39, 0.29) is 11.5 Å². The van der Waals surface area contributed by atoms with Crippen molar-refractivity contribution in [2.24, 2.45) is 5.73 Å². The lowest BCUT2D eigenvalue weighted by Gasteiger charge is -2.25. The van der Waals surface area contributed by atoms with Crippen LogP contribution in [0.5, 0.6) is 0 Å². The van der Waals surface area contributed by atoms with Crippen molar-refractivity contribution in [3.8, 4) is 0 Å². The molecule has 0 radical (unpaired) electrons. The van der Waals surface area contributed by atoms with Crippen LogP contribution in [0.25, 0.3) is 0 Å². The topological polar surface area (TPSA) is 46.2 Å². The van der Waals surface area contributed by atoms with Gasteiger partial charge in [-0.05, 0) is 31.9 Å². The summed E-state index contributed by atoms with van der Waals surface area (Å²) in [6, 6.07) is 4.20. The number of hydrogen-bond donors (Lipinski definition) is 2. The number of thiophene rings is 1. The van der Waals surface area contributed by atoms with E-state index in [1.807, 2.05) is 13.0 Å². The van der Waals surface area contributed by atoms with E-state index in [9.17, 15) is 5.11 Å². The summed E-state index contributed by atoms with van der Waals surface area (Å²) in [7, 11) is 0. The Morgan fingerprint density at radius 2 is 2.13 bits per heavy atom. The zero-order chi connectivity index (χ0) is 10.9. The lowest BCUT2D eigenvalue weighted by atomic mass is 9.85. The predicted octanol–water partition coefficient (Wildman–Crippen LogP) is 2.57. The maximum Gasteiger partial charge on any atom is 0.0854 e. The van der Waals surface area contributed by atoms with Gasteiger partial charge >= 0.3 is 0 Å². The van der Waals surface area contributed by atoms with Gasteiger partial charge in [-0.3, -0.25) is 0 Å². The molecule has 0 saturated heterocycles. The van der Waals surface area contributed by atoms with Gasteiger partial charge in [-0.25, -0.2) is 0 Å². The van der Waals surface area contributed by atoms with Crippen molar-refractivity contribution in [3.63, 3.8) is 0 Å². The molecule has 1 unspecified atom stereocenters. The van der Waals surface area contributed by atoms with E-state index in [0.29, 0.717) is 0 Å². The summed E-state index contributed by atoms with van der Waals surface area (Å²) in [4.78, 5) is 2.43. The average molecular weight is 225 g/mol. The van der Waals surface area contributed by atoms with Gasteiger partial charge in [0.25, 0.3) is 0 Å². The van der Waals surface area contributed by atoms with E-state index in [4.69, 9.17) is 5.73 Å². The van der Waals surface area contributed by atoms with Crippen molar-refractivity contribution in [3.05, 3.63) is 21.9 Å². The molecular formula is C12H19NOS. The smallest absolute Gasteiger partial charge is 0.0854 e. The van der Waals surface area contributed by atoms with Crippen LogP contribution < -0.4 is 5.73 Å². The molecule has 1 saturated carbocycles. The third-order valence-corrected chi connectivity index (χ3v) is 5.01. The van der Waals surface area contributed by atoms with E-state index in [1.165, 1.54) is 30.6 Å². The molecule has 3 heteroatoms. The van der Waals surface area contributed by atoms with Gasteiger partial charge in [0.05, 0.1) is 6.10 Å². The van der Waals surface area contributed by atoms with Gasteiger partial charge in [0, 0.05) is 21.7 Å². The van der Waals surface area contributed by atoms with Gasteiger partial charge < -0.3 is 10.8 Å². The molecule has 1 aromatic heterocycles. The maximum atomic E-state index is 9.52. The van der Waals surface area contributed by atoms with Gasteiger partial charge in [0.15, 0.2) is 0 Å². The molecule has 84 valence electrons. The van der Waals surface area contributed by atoms with Crippen LogP contribution in [-0.2, 0) is 5.41 Å². The lowest BCUT2D eigenvalue weighted by Crippen LogP contribution is -2.30. The second-order valence-electron chi connectivity index (χ2n) is 4.57. The highest BCUT2D eigenvalue weighted by Crippen LogP contribution is 2.43. The molecule has 1 aliphatic rings. The Morgan fingerprint density at radius 1 is 1.47 bits per heavy atom. The van der Waals surface area contributed by atoms with Crippen molar-refractivity contribution in [2.75, 3.05) is 6.54 Å². The molecular weight excluding hydrogens is 206 g/mol. The Kier molecular flexibility index (Phi) is 3.14. The van der Waals surface area contributed by atoms with Gasteiger partial charge in [-0.2, -0.15) is 0 Å². The minimum atomic E-state index is -0.347. The molecule has 0 spiro atoms. The zero-order valence-electron chi connectivity index (χ0n) is 9.20. The maximum absolute atomic E-state index is 9.52. The number of aliphatic hydroxyl groups excluding tert-OH is 1. The molecule has 1 heterocycles. The third kappa shape index (κ3) is 1.96. The minimum Gasteiger partial charge on any atom is -0.388 e. The molecule has 2 nitrogen and oxygen atoms in total. The van der Waals surface area contributed by atoms with Crippen molar-refractivity contribution in [2.45, 2.75) is 44.1 Å². The Morgan fingerprint density at radius 3 is 2.60 bits per heavy atom. The van der Waals surface area contributed by atoms with Crippen molar-refractivity contribution in [1.82, 2.24) is 0 Å². The summed E-state index contributed by atoms with van der Waals surface area (Å²) in [5, 5.41) is 9.52. The Hall–Kier alpha value is -0.380. The highest BCUT2D eigenvalue weighted by atomic mass is 32.1. The highest BCUT2D eigenvalue weighted by molar-refractivity contribution is 7.12. The summed E-state index contributed by atoms with van der Waals surface area (Å²) in [6.07, 6.45) is 4.66. The first kappa shape index (κ1) is 11.1. The fraction of sp³-hybridized carbons (Fsp3) is 0.667. The van der Waals surface area contributed by atoms with Gasteiger partial charge in [-0.1, -0.05) is 12.8 Å². The minimum absolute atomic E-state index is 0.220.